The number of hydrogen-bond donors (Lipinski definition) is 1. The molecule has 30 heavy (non-hydrogen) atoms. The van der Waals surface area contributed by atoms with Gasteiger partial charge in [-0.1, -0.05) is 12.1 Å². The highest BCUT2D eigenvalue weighted by atomic mass is 32.2. The van der Waals surface area contributed by atoms with Crippen molar-refractivity contribution in [2.24, 2.45) is 0 Å². The van der Waals surface area contributed by atoms with E-state index in [-0.39, 0.29) is 28.5 Å². The van der Waals surface area contributed by atoms with Crippen molar-refractivity contribution in [1.29, 1.82) is 0 Å². The van der Waals surface area contributed by atoms with E-state index in [1.54, 1.807) is 18.3 Å². The summed E-state index contributed by atoms with van der Waals surface area (Å²) in [6, 6.07) is 8.03. The maximum atomic E-state index is 13.3. The molecule has 1 aliphatic rings. The van der Waals surface area contributed by atoms with E-state index >= 15 is 0 Å². The predicted octanol–water partition coefficient (Wildman–Crippen LogP) is 2.99. The lowest BCUT2D eigenvalue weighted by molar-refractivity contribution is -0.119. The monoisotopic (exact) mass is 447 g/mol. The van der Waals surface area contributed by atoms with E-state index < -0.39 is 0 Å². The molecule has 0 bridgehead atoms. The number of carbonyl (C=O) groups excluding carboxylic acids is 1. The first-order valence-electron chi connectivity index (χ1n) is 9.70. The quantitative estimate of drug-likeness (QED) is 0.603. The van der Waals surface area contributed by atoms with Crippen LogP contribution in [-0.4, -0.2) is 40.8 Å². The summed E-state index contributed by atoms with van der Waals surface area (Å²) in [5, 5.41) is 4.86. The fraction of sp³-hybridized carbons (Fsp3) is 0.381. The average molecular weight is 448 g/mol. The van der Waals surface area contributed by atoms with Gasteiger partial charge in [-0.15, -0.1) is 23.1 Å². The summed E-state index contributed by atoms with van der Waals surface area (Å²) in [7, 11) is 0. The number of thioether (sulfide) groups is 1. The minimum Gasteiger partial charge on any atom is -0.381 e. The fourth-order valence-corrected chi connectivity index (χ4v) is 5.15. The third kappa shape index (κ3) is 4.74. The molecule has 3 aromatic rings. The number of hydrogen-bond acceptors (Lipinski definition) is 6. The number of nitrogens with one attached hydrogen (secondary N) is 1. The van der Waals surface area contributed by atoms with Crippen molar-refractivity contribution in [3.05, 3.63) is 69.3 Å². The Labute approximate surface area is 181 Å². The molecular weight excluding hydrogens is 425 g/mol. The summed E-state index contributed by atoms with van der Waals surface area (Å²) in [5.74, 6) is 0.437. The van der Waals surface area contributed by atoms with Crippen LogP contribution < -0.4 is 10.9 Å². The zero-order valence-corrected chi connectivity index (χ0v) is 17.9. The number of aromatic nitrogens is 2. The molecule has 2 aromatic heterocycles. The molecule has 6 nitrogen and oxygen atoms in total. The summed E-state index contributed by atoms with van der Waals surface area (Å²) in [6.07, 6.45) is 3.26. The van der Waals surface area contributed by atoms with Gasteiger partial charge in [-0.2, -0.15) is 0 Å². The van der Waals surface area contributed by atoms with Crippen molar-refractivity contribution in [3.8, 4) is 0 Å². The highest BCUT2D eigenvalue weighted by molar-refractivity contribution is 7.99. The lowest BCUT2D eigenvalue weighted by Crippen LogP contribution is -2.45. The van der Waals surface area contributed by atoms with Crippen molar-refractivity contribution >= 4 is 34.0 Å². The number of benzene rings is 1. The second kappa shape index (κ2) is 9.28. The largest absolute Gasteiger partial charge is 0.381 e. The van der Waals surface area contributed by atoms with Crippen LogP contribution in [0.4, 0.5) is 4.39 Å². The highest BCUT2D eigenvalue weighted by Gasteiger charge is 2.34. The molecule has 1 fully saturated rings. The van der Waals surface area contributed by atoms with Crippen LogP contribution in [0.25, 0.3) is 4.96 Å². The molecule has 9 heteroatoms. The third-order valence-electron chi connectivity index (χ3n) is 5.37. The normalized spacial score (nSPS) is 15.9. The maximum absolute atomic E-state index is 13.3. The number of carbonyl (C=O) groups is 1. The van der Waals surface area contributed by atoms with Crippen molar-refractivity contribution in [1.82, 2.24) is 14.7 Å². The van der Waals surface area contributed by atoms with Crippen LogP contribution in [0.2, 0.25) is 0 Å². The Morgan fingerprint density at radius 1 is 1.30 bits per heavy atom. The number of thiazole rings is 1. The molecule has 1 amide bonds. The molecule has 158 valence electrons. The Morgan fingerprint density at radius 2 is 2.07 bits per heavy atom. The number of ether oxygens (including phenoxy) is 1. The minimum atomic E-state index is -0.268. The second-order valence-corrected chi connectivity index (χ2v) is 9.17. The van der Waals surface area contributed by atoms with Crippen LogP contribution in [0.15, 0.2) is 46.7 Å². The maximum Gasteiger partial charge on any atom is 0.258 e. The van der Waals surface area contributed by atoms with Crippen molar-refractivity contribution in [3.63, 3.8) is 0 Å². The van der Waals surface area contributed by atoms with E-state index in [0.717, 1.165) is 18.4 Å². The Balaban J connectivity index is 1.33. The van der Waals surface area contributed by atoms with Crippen molar-refractivity contribution in [2.45, 2.75) is 24.0 Å². The standard InChI is InChI=1S/C21H22FN3O3S2/c22-16-3-1-15(2-4-16)21(5-8-28-9-6-21)14-23-18(26)13-29-12-17-11-19(27)25-7-10-30-20(25)24-17/h1-4,7,10-11H,5-6,8-9,12-14H2,(H,23,26). The smallest absolute Gasteiger partial charge is 0.258 e. The number of amides is 1. The number of rotatable bonds is 7. The molecule has 0 spiro atoms. The zero-order valence-electron chi connectivity index (χ0n) is 16.3. The van der Waals surface area contributed by atoms with Gasteiger partial charge < -0.3 is 10.1 Å². The average Bonchev–Trinajstić information content (AvgIpc) is 3.23. The van der Waals surface area contributed by atoms with Gasteiger partial charge in [0.05, 0.1) is 11.4 Å². The Morgan fingerprint density at radius 3 is 2.83 bits per heavy atom. The van der Waals surface area contributed by atoms with E-state index in [0.29, 0.717) is 36.2 Å². The van der Waals surface area contributed by atoms with Gasteiger partial charge in [-0.25, -0.2) is 9.37 Å². The van der Waals surface area contributed by atoms with Crippen LogP contribution in [0.5, 0.6) is 0 Å². The lowest BCUT2D eigenvalue weighted by Gasteiger charge is -2.38. The molecule has 0 atom stereocenters. The van der Waals surface area contributed by atoms with Gasteiger partial charge >= 0.3 is 0 Å². The van der Waals surface area contributed by atoms with Gasteiger partial charge in [0, 0.05) is 48.6 Å². The van der Waals surface area contributed by atoms with Crippen molar-refractivity contribution < 1.29 is 13.9 Å². The van der Waals surface area contributed by atoms with Gasteiger partial charge in [0.1, 0.15) is 5.82 Å². The summed E-state index contributed by atoms with van der Waals surface area (Å²) >= 11 is 2.83. The summed E-state index contributed by atoms with van der Waals surface area (Å²) in [6.45, 7) is 1.73. The highest BCUT2D eigenvalue weighted by Crippen LogP contribution is 2.34. The summed E-state index contributed by atoms with van der Waals surface area (Å²) in [5.41, 5.74) is 1.34. The first-order chi connectivity index (χ1) is 14.6. The first-order valence-corrected chi connectivity index (χ1v) is 11.7. The number of halogens is 1. The fourth-order valence-electron chi connectivity index (χ4n) is 3.66. The van der Waals surface area contributed by atoms with Crippen LogP contribution >= 0.6 is 23.1 Å². The minimum absolute atomic E-state index is 0.0677. The van der Waals surface area contributed by atoms with E-state index in [2.05, 4.69) is 10.3 Å². The SMILES string of the molecule is O=C(CSCc1cc(=O)n2ccsc2n1)NCC1(c2ccc(F)cc2)CCOCC1. The van der Waals surface area contributed by atoms with Crippen LogP contribution in [0.3, 0.4) is 0 Å². The first kappa shape index (κ1) is 21.0. The van der Waals surface area contributed by atoms with Gasteiger partial charge in [0.25, 0.3) is 5.56 Å². The molecule has 1 aliphatic heterocycles. The summed E-state index contributed by atoms with van der Waals surface area (Å²) in [4.78, 5) is 29.6. The predicted molar refractivity (Wildman–Crippen MR) is 117 cm³/mol. The van der Waals surface area contributed by atoms with Gasteiger partial charge in [-0.05, 0) is 30.5 Å². The molecule has 0 radical (unpaired) electrons. The lowest BCUT2D eigenvalue weighted by atomic mass is 9.74. The van der Waals surface area contributed by atoms with Gasteiger partial charge in [0.15, 0.2) is 4.96 Å². The van der Waals surface area contributed by atoms with Crippen LogP contribution in [-0.2, 0) is 20.7 Å². The molecule has 3 heterocycles. The Kier molecular flexibility index (Phi) is 6.50. The number of nitrogens with zero attached hydrogens (tertiary/aromatic N) is 2. The molecule has 1 N–H and O–H groups in total. The second-order valence-electron chi connectivity index (χ2n) is 7.31. The Bertz CT molecular complexity index is 1080. The van der Waals surface area contributed by atoms with Crippen molar-refractivity contribution in [2.75, 3.05) is 25.5 Å². The Hall–Kier alpha value is -2.23. The van der Waals surface area contributed by atoms with E-state index in [4.69, 9.17) is 4.74 Å². The zero-order chi connectivity index (χ0) is 21.0. The molecule has 0 unspecified atom stereocenters. The van der Waals surface area contributed by atoms with Crippen LogP contribution in [0, 0.1) is 5.82 Å². The molecule has 0 saturated carbocycles. The molecular formula is C21H22FN3O3S2. The van der Waals surface area contributed by atoms with E-state index in [9.17, 15) is 14.0 Å². The molecule has 1 aromatic carbocycles. The molecule has 1 saturated heterocycles. The topological polar surface area (TPSA) is 72.7 Å². The van der Waals surface area contributed by atoms with E-state index in [1.807, 2.05) is 5.38 Å². The van der Waals surface area contributed by atoms with E-state index in [1.165, 1.54) is 45.7 Å². The third-order valence-corrected chi connectivity index (χ3v) is 7.09. The van der Waals surface area contributed by atoms with Gasteiger partial charge in [-0.3, -0.25) is 14.0 Å². The molecule has 0 aliphatic carbocycles. The van der Waals surface area contributed by atoms with Gasteiger partial charge in [0.2, 0.25) is 5.91 Å². The molecule has 4 rings (SSSR count). The summed E-state index contributed by atoms with van der Waals surface area (Å²) < 4.78 is 20.4. The van der Waals surface area contributed by atoms with Crippen LogP contribution in [0.1, 0.15) is 24.1 Å². The number of fused-ring (bicyclic) bond motifs is 1.